The number of amides is 3. The molecule has 0 unspecified atom stereocenters. The van der Waals surface area contributed by atoms with Crippen molar-refractivity contribution in [1.29, 1.82) is 0 Å². The van der Waals surface area contributed by atoms with Gasteiger partial charge in [-0.1, -0.05) is 60.7 Å². The molecule has 12 nitrogen and oxygen atoms in total. The molecular weight excluding hydrogens is 928 g/mol. The molecule has 2 saturated heterocycles. The highest BCUT2D eigenvalue weighted by molar-refractivity contribution is 14.1. The standard InChI is InChI=1S/C21H21IN2O4.C20H18IN3O3/c22-17-10-8-16(9-11-17)20(26)23-13-19(25)18-7-4-12-24(18)21(27)28-14-15-5-2-1-3-6-15;21-16-10-8-15(9-11-16)18-22-23-19(27-18)17-7-4-12-24(17)20(25)26-13-14-5-2-1-3-6-14/h1-3,5-6,8-11,18H,4,7,12-14H2,(H,23,26);1-3,5-6,8-11,17H,4,7,12-13H2/t18-;17-/m00/s1. The summed E-state index contributed by atoms with van der Waals surface area (Å²) < 4.78 is 18.8. The van der Waals surface area contributed by atoms with Crippen LogP contribution in [0.4, 0.5) is 9.59 Å². The second kappa shape index (κ2) is 19.7. The Balaban J connectivity index is 0.000000187. The van der Waals surface area contributed by atoms with E-state index in [0.29, 0.717) is 36.9 Å². The van der Waals surface area contributed by atoms with E-state index in [0.717, 1.165) is 43.1 Å². The van der Waals surface area contributed by atoms with Gasteiger partial charge in [-0.2, -0.15) is 0 Å². The van der Waals surface area contributed by atoms with Gasteiger partial charge in [0.25, 0.3) is 5.91 Å². The Morgan fingerprint density at radius 2 is 1.24 bits per heavy atom. The molecule has 284 valence electrons. The molecule has 1 N–H and O–H groups in total. The number of rotatable bonds is 10. The maximum absolute atomic E-state index is 12.6. The van der Waals surface area contributed by atoms with Gasteiger partial charge in [0.2, 0.25) is 11.8 Å². The summed E-state index contributed by atoms with van der Waals surface area (Å²) in [5, 5.41) is 11.0. The van der Waals surface area contributed by atoms with Gasteiger partial charge in [-0.3, -0.25) is 19.4 Å². The Labute approximate surface area is 346 Å². The van der Waals surface area contributed by atoms with Crippen LogP contribution < -0.4 is 5.32 Å². The number of ketones is 1. The molecule has 0 spiro atoms. The van der Waals surface area contributed by atoms with E-state index in [1.54, 1.807) is 17.0 Å². The van der Waals surface area contributed by atoms with Gasteiger partial charge in [0.15, 0.2) is 5.78 Å². The fourth-order valence-corrected chi connectivity index (χ4v) is 6.95. The average Bonchev–Trinajstić information content (AvgIpc) is 4.02. The lowest BCUT2D eigenvalue weighted by Crippen LogP contribution is -2.45. The van der Waals surface area contributed by atoms with Crippen LogP contribution in [0.2, 0.25) is 0 Å². The predicted molar refractivity (Wildman–Crippen MR) is 221 cm³/mol. The Kier molecular flexibility index (Phi) is 14.2. The molecule has 14 heteroatoms. The summed E-state index contributed by atoms with van der Waals surface area (Å²) in [5.74, 6) is 0.428. The van der Waals surface area contributed by atoms with Gasteiger partial charge in [-0.05, 0) is 131 Å². The first-order valence-corrected chi connectivity index (χ1v) is 20.0. The van der Waals surface area contributed by atoms with E-state index in [2.05, 4.69) is 60.7 Å². The number of carbonyl (C=O) groups excluding carboxylic acids is 4. The predicted octanol–water partition coefficient (Wildman–Crippen LogP) is 8.21. The Bertz CT molecular complexity index is 2050. The van der Waals surface area contributed by atoms with Crippen LogP contribution in [0.1, 0.15) is 59.1 Å². The number of Topliss-reactive ketones (excluding diaryl/α,β-unsaturated/α-hetero) is 1. The molecule has 2 aliphatic rings. The summed E-state index contributed by atoms with van der Waals surface area (Å²) in [4.78, 5) is 52.8. The average molecular weight is 968 g/mol. The van der Waals surface area contributed by atoms with Crippen molar-refractivity contribution < 1.29 is 33.1 Å². The minimum atomic E-state index is -0.555. The van der Waals surface area contributed by atoms with Crippen molar-refractivity contribution in [2.75, 3.05) is 19.6 Å². The molecule has 7 rings (SSSR count). The lowest BCUT2D eigenvalue weighted by molar-refractivity contribution is -0.122. The van der Waals surface area contributed by atoms with E-state index in [-0.39, 0.29) is 43.6 Å². The molecule has 4 aromatic carbocycles. The zero-order chi connectivity index (χ0) is 38.6. The van der Waals surface area contributed by atoms with Crippen molar-refractivity contribution in [3.8, 4) is 11.5 Å². The van der Waals surface area contributed by atoms with Crippen LogP contribution in [0.15, 0.2) is 114 Å². The fraction of sp³-hybridized carbons (Fsp3) is 0.268. The summed E-state index contributed by atoms with van der Waals surface area (Å²) in [6, 6.07) is 33.2. The highest BCUT2D eigenvalue weighted by Gasteiger charge is 2.36. The Hall–Kier alpha value is -4.84. The number of halogens is 2. The molecule has 55 heavy (non-hydrogen) atoms. The van der Waals surface area contributed by atoms with Gasteiger partial charge in [-0.25, -0.2) is 9.59 Å². The topological polar surface area (TPSA) is 144 Å². The number of hydrogen-bond acceptors (Lipinski definition) is 9. The van der Waals surface area contributed by atoms with Crippen LogP contribution in [0.25, 0.3) is 11.5 Å². The number of hydrogen-bond donors (Lipinski definition) is 1. The van der Waals surface area contributed by atoms with E-state index < -0.39 is 12.1 Å². The highest BCUT2D eigenvalue weighted by atomic mass is 127. The molecule has 0 bridgehead atoms. The first-order chi connectivity index (χ1) is 26.7. The smallest absolute Gasteiger partial charge is 0.410 e. The summed E-state index contributed by atoms with van der Waals surface area (Å²) in [6.45, 7) is 1.41. The van der Waals surface area contributed by atoms with E-state index in [1.807, 2.05) is 97.1 Å². The van der Waals surface area contributed by atoms with E-state index in [1.165, 1.54) is 4.90 Å². The third-order valence-electron chi connectivity index (χ3n) is 9.10. The minimum absolute atomic E-state index is 0.113. The summed E-state index contributed by atoms with van der Waals surface area (Å²) in [6.07, 6.45) is 2.14. The van der Waals surface area contributed by atoms with E-state index >= 15 is 0 Å². The number of nitrogens with zero attached hydrogens (tertiary/aromatic N) is 4. The number of likely N-dealkylation sites (tertiary alicyclic amines) is 2. The van der Waals surface area contributed by atoms with Crippen molar-refractivity contribution >= 4 is 69.1 Å². The molecule has 0 radical (unpaired) electrons. The van der Waals surface area contributed by atoms with Crippen LogP contribution in [-0.4, -0.2) is 69.6 Å². The van der Waals surface area contributed by atoms with Crippen LogP contribution in [0.5, 0.6) is 0 Å². The van der Waals surface area contributed by atoms with E-state index in [4.69, 9.17) is 13.9 Å². The molecule has 3 heterocycles. The monoisotopic (exact) mass is 967 g/mol. The van der Waals surface area contributed by atoms with Crippen molar-refractivity contribution in [2.45, 2.75) is 51.0 Å². The first-order valence-electron chi connectivity index (χ1n) is 17.9. The largest absolute Gasteiger partial charge is 0.445 e. The Morgan fingerprint density at radius 1 is 0.691 bits per heavy atom. The second-order valence-corrected chi connectivity index (χ2v) is 15.4. The normalized spacial score (nSPS) is 16.2. The van der Waals surface area contributed by atoms with Crippen LogP contribution in [-0.2, 0) is 27.5 Å². The van der Waals surface area contributed by atoms with Crippen molar-refractivity contribution in [3.05, 3.63) is 139 Å². The molecule has 2 aliphatic heterocycles. The van der Waals surface area contributed by atoms with Crippen molar-refractivity contribution in [1.82, 2.24) is 25.3 Å². The number of ether oxygens (including phenoxy) is 2. The summed E-state index contributed by atoms with van der Waals surface area (Å²) in [7, 11) is 0. The maximum atomic E-state index is 12.6. The van der Waals surface area contributed by atoms with Gasteiger partial charge >= 0.3 is 12.2 Å². The molecule has 2 atom stereocenters. The van der Waals surface area contributed by atoms with Gasteiger partial charge in [0, 0.05) is 31.4 Å². The summed E-state index contributed by atoms with van der Waals surface area (Å²) >= 11 is 4.41. The molecule has 0 aliphatic carbocycles. The lowest BCUT2D eigenvalue weighted by atomic mass is 10.1. The van der Waals surface area contributed by atoms with Gasteiger partial charge in [-0.15, -0.1) is 10.2 Å². The quantitative estimate of drug-likeness (QED) is 0.137. The maximum Gasteiger partial charge on any atom is 0.410 e. The zero-order valence-electron chi connectivity index (χ0n) is 29.8. The number of nitrogens with one attached hydrogen (secondary N) is 1. The lowest BCUT2D eigenvalue weighted by Gasteiger charge is -2.23. The van der Waals surface area contributed by atoms with Gasteiger partial charge in [0.1, 0.15) is 19.3 Å². The number of carbonyl (C=O) groups is 4. The molecule has 5 aromatic rings. The number of benzene rings is 4. The van der Waals surface area contributed by atoms with Gasteiger partial charge in [0.05, 0.1) is 12.6 Å². The molecule has 3 amide bonds. The van der Waals surface area contributed by atoms with Crippen molar-refractivity contribution in [2.24, 2.45) is 0 Å². The first kappa shape index (κ1) is 39.8. The van der Waals surface area contributed by atoms with Crippen LogP contribution >= 0.6 is 45.2 Å². The van der Waals surface area contributed by atoms with Gasteiger partial charge < -0.3 is 19.2 Å². The van der Waals surface area contributed by atoms with Crippen molar-refractivity contribution in [3.63, 3.8) is 0 Å². The second-order valence-electron chi connectivity index (χ2n) is 12.9. The van der Waals surface area contributed by atoms with Crippen LogP contribution in [0.3, 0.4) is 0 Å². The SMILES string of the molecule is O=C(NCC(=O)[C@@H]1CCCN1C(=O)OCc1ccccc1)c1ccc(I)cc1.O=C(OCc1ccccc1)N1CCC[C@H]1c1nnc(-c2ccc(I)cc2)o1. The third kappa shape index (κ3) is 11.1. The molecular formula is C41H39I2N5O7. The third-order valence-corrected chi connectivity index (χ3v) is 10.5. The molecule has 2 fully saturated rings. The summed E-state index contributed by atoms with van der Waals surface area (Å²) in [5.41, 5.74) is 3.22. The minimum Gasteiger partial charge on any atom is -0.445 e. The van der Waals surface area contributed by atoms with E-state index in [9.17, 15) is 19.2 Å². The van der Waals surface area contributed by atoms with Crippen LogP contribution in [0, 0.1) is 7.14 Å². The Morgan fingerprint density at radius 3 is 1.85 bits per heavy atom. The highest BCUT2D eigenvalue weighted by Crippen LogP contribution is 2.33. The molecule has 1 aromatic heterocycles. The molecule has 0 saturated carbocycles. The number of aromatic nitrogens is 2. The zero-order valence-corrected chi connectivity index (χ0v) is 34.1. The fourth-order valence-electron chi connectivity index (χ4n) is 6.23.